The Morgan fingerprint density at radius 2 is 1.83 bits per heavy atom. The summed E-state index contributed by atoms with van der Waals surface area (Å²) in [4.78, 5) is 2.39. The van der Waals surface area contributed by atoms with Crippen LogP contribution in [0, 0.1) is 5.82 Å². The third-order valence-corrected chi connectivity index (χ3v) is 6.35. The van der Waals surface area contributed by atoms with Crippen molar-refractivity contribution in [2.75, 3.05) is 20.8 Å². The smallest absolute Gasteiger partial charge is 0.161 e. The van der Waals surface area contributed by atoms with Gasteiger partial charge in [-0.05, 0) is 81.0 Å². The molecule has 1 aliphatic heterocycles. The SMILES string of the molecule is COc1cc2c(cc1OC)[C@@H](c1cccc(Cl)c1)N(Cc1ccc(F)c(Br)c1)CC2. The van der Waals surface area contributed by atoms with Gasteiger partial charge in [0, 0.05) is 18.1 Å². The van der Waals surface area contributed by atoms with E-state index in [1.165, 1.54) is 17.2 Å². The van der Waals surface area contributed by atoms with Gasteiger partial charge in [-0.3, -0.25) is 4.90 Å². The van der Waals surface area contributed by atoms with Crippen molar-refractivity contribution in [1.82, 2.24) is 4.90 Å². The topological polar surface area (TPSA) is 21.7 Å². The molecule has 0 spiro atoms. The maximum atomic E-state index is 13.7. The summed E-state index contributed by atoms with van der Waals surface area (Å²) in [6.45, 7) is 1.54. The van der Waals surface area contributed by atoms with Crippen LogP contribution < -0.4 is 9.47 Å². The lowest BCUT2D eigenvalue weighted by molar-refractivity contribution is 0.203. The molecule has 3 nitrogen and oxygen atoms in total. The molecule has 156 valence electrons. The highest BCUT2D eigenvalue weighted by atomic mass is 79.9. The van der Waals surface area contributed by atoms with Gasteiger partial charge in [0.2, 0.25) is 0 Å². The van der Waals surface area contributed by atoms with E-state index in [-0.39, 0.29) is 11.9 Å². The lowest BCUT2D eigenvalue weighted by Crippen LogP contribution is -2.35. The third kappa shape index (κ3) is 4.20. The summed E-state index contributed by atoms with van der Waals surface area (Å²) in [6, 6.07) is 17.2. The number of methoxy groups -OCH3 is 2. The van der Waals surface area contributed by atoms with Gasteiger partial charge >= 0.3 is 0 Å². The first kappa shape index (κ1) is 21.2. The van der Waals surface area contributed by atoms with E-state index in [0.717, 1.165) is 29.8 Å². The molecule has 3 aromatic rings. The number of halogens is 3. The maximum absolute atomic E-state index is 13.7. The molecule has 0 N–H and O–H groups in total. The summed E-state index contributed by atoms with van der Waals surface area (Å²) in [5.74, 6) is 1.18. The summed E-state index contributed by atoms with van der Waals surface area (Å²) in [7, 11) is 3.30. The van der Waals surface area contributed by atoms with E-state index in [0.29, 0.717) is 21.8 Å². The molecular weight excluding hydrogens is 469 g/mol. The fourth-order valence-corrected chi connectivity index (χ4v) is 4.73. The van der Waals surface area contributed by atoms with Crippen molar-refractivity contribution >= 4 is 27.5 Å². The van der Waals surface area contributed by atoms with Crippen LogP contribution >= 0.6 is 27.5 Å². The molecule has 0 amide bonds. The summed E-state index contributed by atoms with van der Waals surface area (Å²) < 4.78 is 25.3. The number of ether oxygens (including phenoxy) is 2. The van der Waals surface area contributed by atoms with E-state index >= 15 is 0 Å². The number of hydrogen-bond acceptors (Lipinski definition) is 3. The van der Waals surface area contributed by atoms with Gasteiger partial charge in [-0.1, -0.05) is 29.8 Å². The predicted molar refractivity (Wildman–Crippen MR) is 121 cm³/mol. The predicted octanol–water partition coefficient (Wildman–Crippen LogP) is 6.41. The van der Waals surface area contributed by atoms with Crippen molar-refractivity contribution in [2.24, 2.45) is 0 Å². The highest BCUT2D eigenvalue weighted by molar-refractivity contribution is 9.10. The molecule has 0 saturated carbocycles. The van der Waals surface area contributed by atoms with E-state index in [4.69, 9.17) is 21.1 Å². The highest BCUT2D eigenvalue weighted by Crippen LogP contribution is 2.42. The minimum Gasteiger partial charge on any atom is -0.493 e. The second-order valence-electron chi connectivity index (χ2n) is 7.33. The monoisotopic (exact) mass is 489 g/mol. The van der Waals surface area contributed by atoms with Crippen LogP contribution in [0.15, 0.2) is 59.1 Å². The molecular formula is C24H22BrClFNO2. The highest BCUT2D eigenvalue weighted by Gasteiger charge is 2.30. The van der Waals surface area contributed by atoms with Crippen LogP contribution in [0.3, 0.4) is 0 Å². The minimum atomic E-state index is -0.258. The lowest BCUT2D eigenvalue weighted by Gasteiger charge is -2.38. The average Bonchev–Trinajstić information content (AvgIpc) is 2.75. The number of fused-ring (bicyclic) bond motifs is 1. The average molecular weight is 491 g/mol. The van der Waals surface area contributed by atoms with Gasteiger partial charge in [-0.25, -0.2) is 4.39 Å². The van der Waals surface area contributed by atoms with Gasteiger partial charge in [-0.2, -0.15) is 0 Å². The first-order valence-corrected chi connectivity index (χ1v) is 10.9. The standard InChI is InChI=1S/C24H22BrClFNO2/c1-29-22-12-16-8-9-28(14-15-6-7-21(27)20(25)10-15)24(19(16)13-23(22)30-2)17-4-3-5-18(26)11-17/h3-7,10-13,24H,8-9,14H2,1-2H3/t24-/m1/s1. The zero-order chi connectivity index (χ0) is 21.3. The molecule has 1 atom stereocenters. The van der Waals surface area contributed by atoms with E-state index in [1.54, 1.807) is 14.2 Å². The quantitative estimate of drug-likeness (QED) is 0.413. The van der Waals surface area contributed by atoms with Crippen molar-refractivity contribution in [2.45, 2.75) is 19.0 Å². The van der Waals surface area contributed by atoms with Gasteiger partial charge in [-0.15, -0.1) is 0 Å². The minimum absolute atomic E-state index is 0.00363. The van der Waals surface area contributed by atoms with Crippen molar-refractivity contribution in [3.8, 4) is 11.5 Å². The lowest BCUT2D eigenvalue weighted by atomic mass is 9.87. The number of hydrogen-bond donors (Lipinski definition) is 0. The Labute approximate surface area is 189 Å². The van der Waals surface area contributed by atoms with E-state index < -0.39 is 0 Å². The largest absolute Gasteiger partial charge is 0.493 e. The molecule has 4 rings (SSSR count). The molecule has 0 bridgehead atoms. The van der Waals surface area contributed by atoms with Crippen LogP contribution in [0.5, 0.6) is 11.5 Å². The maximum Gasteiger partial charge on any atom is 0.161 e. The van der Waals surface area contributed by atoms with Crippen LogP contribution in [-0.2, 0) is 13.0 Å². The molecule has 1 aliphatic rings. The molecule has 0 aliphatic carbocycles. The van der Waals surface area contributed by atoms with Crippen molar-refractivity contribution in [1.29, 1.82) is 0 Å². The first-order valence-electron chi connectivity index (χ1n) is 9.68. The van der Waals surface area contributed by atoms with E-state index in [1.807, 2.05) is 30.3 Å². The molecule has 0 fully saturated rings. The summed E-state index contributed by atoms with van der Waals surface area (Å²) in [5, 5.41) is 0.699. The zero-order valence-corrected chi connectivity index (χ0v) is 19.1. The van der Waals surface area contributed by atoms with Crippen LogP contribution in [0.25, 0.3) is 0 Å². The van der Waals surface area contributed by atoms with Crippen LogP contribution in [0.2, 0.25) is 5.02 Å². The Hall–Kier alpha value is -2.08. The molecule has 0 aromatic heterocycles. The van der Waals surface area contributed by atoms with E-state index in [9.17, 15) is 4.39 Å². The van der Waals surface area contributed by atoms with Crippen LogP contribution in [-0.4, -0.2) is 25.7 Å². The molecule has 0 radical (unpaired) electrons. The van der Waals surface area contributed by atoms with Crippen molar-refractivity contribution < 1.29 is 13.9 Å². The molecule has 0 saturated heterocycles. The fourth-order valence-electron chi connectivity index (χ4n) is 4.11. The second-order valence-corrected chi connectivity index (χ2v) is 8.62. The second kappa shape index (κ2) is 8.96. The van der Waals surface area contributed by atoms with Crippen molar-refractivity contribution in [3.63, 3.8) is 0 Å². The molecule has 30 heavy (non-hydrogen) atoms. The number of rotatable bonds is 5. The summed E-state index contributed by atoms with van der Waals surface area (Å²) in [6.07, 6.45) is 0.884. The molecule has 1 heterocycles. The Bertz CT molecular complexity index is 1080. The Morgan fingerprint density at radius 1 is 1.07 bits per heavy atom. The zero-order valence-electron chi connectivity index (χ0n) is 16.8. The van der Waals surface area contributed by atoms with Crippen LogP contribution in [0.4, 0.5) is 4.39 Å². The Kier molecular flexibility index (Phi) is 6.32. The van der Waals surface area contributed by atoms with Gasteiger partial charge in [0.05, 0.1) is 24.7 Å². The summed E-state index contributed by atoms with van der Waals surface area (Å²) in [5.41, 5.74) is 4.55. The van der Waals surface area contributed by atoms with Crippen LogP contribution in [0.1, 0.15) is 28.3 Å². The summed E-state index contributed by atoms with van der Waals surface area (Å²) >= 11 is 9.63. The third-order valence-electron chi connectivity index (χ3n) is 5.51. The Balaban J connectivity index is 1.80. The first-order chi connectivity index (χ1) is 14.5. The van der Waals surface area contributed by atoms with Crippen molar-refractivity contribution in [3.05, 3.63) is 92.2 Å². The number of nitrogens with zero attached hydrogens (tertiary/aromatic N) is 1. The molecule has 3 aromatic carbocycles. The Morgan fingerprint density at radius 3 is 2.53 bits per heavy atom. The van der Waals surface area contributed by atoms with Gasteiger partial charge in [0.15, 0.2) is 11.5 Å². The van der Waals surface area contributed by atoms with Gasteiger partial charge < -0.3 is 9.47 Å². The van der Waals surface area contributed by atoms with Gasteiger partial charge in [0.1, 0.15) is 5.82 Å². The number of benzene rings is 3. The molecule has 6 heteroatoms. The normalized spacial score (nSPS) is 16.2. The van der Waals surface area contributed by atoms with E-state index in [2.05, 4.69) is 39.0 Å². The fraction of sp³-hybridized carbons (Fsp3) is 0.250. The van der Waals surface area contributed by atoms with Gasteiger partial charge in [0.25, 0.3) is 0 Å². The molecule has 0 unspecified atom stereocenters.